The van der Waals surface area contributed by atoms with Crippen molar-refractivity contribution in [2.45, 2.75) is 11.3 Å². The van der Waals surface area contributed by atoms with Gasteiger partial charge in [0.25, 0.3) is 0 Å². The molecule has 1 unspecified atom stereocenters. The fraction of sp³-hybridized carbons (Fsp3) is 0.500. The van der Waals surface area contributed by atoms with Crippen LogP contribution in [0, 0.1) is 17.9 Å². The smallest absolute Gasteiger partial charge is 0.288 e. The summed E-state index contributed by atoms with van der Waals surface area (Å²) in [6.45, 7) is 6.72. The number of carbonyl (C=O) groups excluding carboxylic acids is 1. The molecule has 1 aliphatic heterocycles. The molecule has 5 heteroatoms. The fourth-order valence-corrected chi connectivity index (χ4v) is 2.97. The van der Waals surface area contributed by atoms with E-state index in [0.29, 0.717) is 12.2 Å². The molecule has 0 aromatic rings. The first-order chi connectivity index (χ1) is 5.25. The van der Waals surface area contributed by atoms with Gasteiger partial charge in [0.15, 0.2) is 6.07 Å². The molecule has 1 rings (SSSR count). The van der Waals surface area contributed by atoms with Crippen LogP contribution in [0.15, 0.2) is 0 Å². The summed E-state index contributed by atoms with van der Waals surface area (Å²) in [4.78, 5) is 12.7. The lowest BCUT2D eigenvalue weighted by Crippen LogP contribution is -2.31. The molecule has 56 valence electrons. The van der Waals surface area contributed by atoms with Crippen LogP contribution in [-0.2, 0) is 4.79 Å². The highest BCUT2D eigenvalue weighted by Gasteiger charge is 2.49. The van der Waals surface area contributed by atoms with Gasteiger partial charge in [-0.1, -0.05) is 10.8 Å². The second kappa shape index (κ2) is 3.17. The van der Waals surface area contributed by atoms with E-state index in [1.807, 2.05) is 0 Å². The third-order valence-electron chi connectivity index (χ3n) is 1.28. The largest absolute Gasteiger partial charge is 0.429 e. The van der Waals surface area contributed by atoms with Crippen molar-refractivity contribution in [3.05, 3.63) is 11.4 Å². The molecule has 0 bridgehead atoms. The highest BCUT2D eigenvalue weighted by atomic mass is 33.1. The summed E-state index contributed by atoms with van der Waals surface area (Å²) in [7, 11) is 2.48. The summed E-state index contributed by atoms with van der Waals surface area (Å²) in [6.07, 6.45) is 0.341. The molecule has 0 amide bonds. The number of hydrogen-bond donors (Lipinski definition) is 0. The van der Waals surface area contributed by atoms with Gasteiger partial charge in [-0.2, -0.15) is 5.26 Å². The van der Waals surface area contributed by atoms with Crippen LogP contribution in [0.3, 0.4) is 0 Å². The van der Waals surface area contributed by atoms with Crippen molar-refractivity contribution in [2.24, 2.45) is 0 Å². The molecule has 1 aliphatic rings. The molecule has 0 aliphatic carbocycles. The number of nitriles is 1. The third-order valence-corrected chi connectivity index (χ3v) is 4.00. The van der Waals surface area contributed by atoms with Crippen LogP contribution in [-0.4, -0.2) is 16.4 Å². The monoisotopic (exact) mass is 184 g/mol. The molecule has 1 saturated heterocycles. The van der Waals surface area contributed by atoms with Gasteiger partial charge in [0.05, 0.1) is 0 Å². The lowest BCUT2D eigenvalue weighted by Gasteiger charge is -2.15. The van der Waals surface area contributed by atoms with Gasteiger partial charge in [0.1, 0.15) is 0 Å². The molecule has 1 fully saturated rings. The average molecular weight is 184 g/mol. The van der Waals surface area contributed by atoms with Crippen LogP contribution in [0.5, 0.6) is 0 Å². The number of ketones is 1. The summed E-state index contributed by atoms with van der Waals surface area (Å²) < 4.78 is 0. The van der Waals surface area contributed by atoms with Crippen molar-refractivity contribution in [1.82, 2.24) is 0 Å². The lowest BCUT2D eigenvalue weighted by atomic mass is 10.1. The van der Waals surface area contributed by atoms with E-state index in [-0.39, 0.29) is 5.78 Å². The SMILES string of the molecule is [C-]#[N+]C1(C#N)SSCCC1=O. The first-order valence-corrected chi connectivity index (χ1v) is 5.21. The maximum absolute atomic E-state index is 11.1. The molecule has 3 nitrogen and oxygen atoms in total. The van der Waals surface area contributed by atoms with Gasteiger partial charge in [-0.3, -0.25) is 9.64 Å². The van der Waals surface area contributed by atoms with Crippen LogP contribution in [0.2, 0.25) is 0 Å². The minimum Gasteiger partial charge on any atom is -0.288 e. The van der Waals surface area contributed by atoms with E-state index in [1.54, 1.807) is 6.07 Å². The second-order valence-corrected chi connectivity index (χ2v) is 4.55. The number of rotatable bonds is 0. The van der Waals surface area contributed by atoms with Gasteiger partial charge in [-0.15, -0.1) is 0 Å². The Labute approximate surface area is 72.4 Å². The topological polar surface area (TPSA) is 45.2 Å². The van der Waals surface area contributed by atoms with E-state index in [4.69, 9.17) is 11.8 Å². The molecule has 1 heterocycles. The van der Waals surface area contributed by atoms with Crippen molar-refractivity contribution in [3.8, 4) is 6.07 Å². The Hall–Kier alpha value is -0.650. The van der Waals surface area contributed by atoms with Crippen molar-refractivity contribution in [3.63, 3.8) is 0 Å². The predicted molar refractivity (Wildman–Crippen MR) is 44.6 cm³/mol. The highest BCUT2D eigenvalue weighted by molar-refractivity contribution is 8.77. The molecule has 0 aromatic heterocycles. The van der Waals surface area contributed by atoms with Gasteiger partial charge < -0.3 is 0 Å². The van der Waals surface area contributed by atoms with Crippen LogP contribution in [0.4, 0.5) is 0 Å². The predicted octanol–water partition coefficient (Wildman–Crippen LogP) is 1.48. The standard InChI is InChI=1S/C6H4N2OS2/c1-8-6(4-7)5(9)2-3-10-11-6/h2-3H2. The van der Waals surface area contributed by atoms with Crippen LogP contribution in [0.1, 0.15) is 6.42 Å². The summed E-state index contributed by atoms with van der Waals surface area (Å²) in [5, 5.41) is 8.59. The van der Waals surface area contributed by atoms with Gasteiger partial charge in [-0.25, -0.2) is 6.57 Å². The second-order valence-electron chi connectivity index (χ2n) is 1.95. The van der Waals surface area contributed by atoms with Gasteiger partial charge >= 0.3 is 4.87 Å². The van der Waals surface area contributed by atoms with Crippen molar-refractivity contribution < 1.29 is 4.79 Å². The fourth-order valence-electron chi connectivity index (χ4n) is 0.664. The zero-order valence-corrected chi connectivity index (χ0v) is 7.17. The molecule has 0 radical (unpaired) electrons. The van der Waals surface area contributed by atoms with E-state index < -0.39 is 4.87 Å². The third kappa shape index (κ3) is 1.35. The van der Waals surface area contributed by atoms with E-state index in [9.17, 15) is 4.79 Å². The Morgan fingerprint density at radius 3 is 2.91 bits per heavy atom. The summed E-state index contributed by atoms with van der Waals surface area (Å²) in [6, 6.07) is 1.76. The Balaban J connectivity index is 2.92. The molecular weight excluding hydrogens is 180 g/mol. The van der Waals surface area contributed by atoms with Crippen LogP contribution < -0.4 is 0 Å². The first kappa shape index (κ1) is 8.45. The Morgan fingerprint density at radius 2 is 2.55 bits per heavy atom. The maximum Gasteiger partial charge on any atom is 0.429 e. The number of hydrogen-bond acceptors (Lipinski definition) is 4. The van der Waals surface area contributed by atoms with E-state index in [1.165, 1.54) is 10.8 Å². The lowest BCUT2D eigenvalue weighted by molar-refractivity contribution is -0.118. The summed E-state index contributed by atoms with van der Waals surface area (Å²) in [5.74, 6) is 0.460. The Morgan fingerprint density at radius 1 is 1.82 bits per heavy atom. The van der Waals surface area contributed by atoms with Gasteiger partial charge in [-0.05, 0) is 0 Å². The molecule has 0 aromatic carbocycles. The number of carbonyl (C=O) groups is 1. The Kier molecular flexibility index (Phi) is 2.43. The van der Waals surface area contributed by atoms with E-state index in [2.05, 4.69) is 4.85 Å². The van der Waals surface area contributed by atoms with Gasteiger partial charge in [0.2, 0.25) is 5.78 Å². The zero-order valence-electron chi connectivity index (χ0n) is 5.53. The van der Waals surface area contributed by atoms with Crippen molar-refractivity contribution in [1.29, 1.82) is 5.26 Å². The van der Waals surface area contributed by atoms with Crippen LogP contribution in [0.25, 0.3) is 4.85 Å². The van der Waals surface area contributed by atoms with Crippen molar-refractivity contribution in [2.75, 3.05) is 5.75 Å². The number of Topliss-reactive ketones (excluding diaryl/α,β-unsaturated/α-hetero) is 1. The van der Waals surface area contributed by atoms with E-state index in [0.717, 1.165) is 10.8 Å². The average Bonchev–Trinajstić information content (AvgIpc) is 2.06. The molecule has 0 N–H and O–H groups in total. The summed E-state index contributed by atoms with van der Waals surface area (Å²) in [5.41, 5.74) is 0. The maximum atomic E-state index is 11.1. The number of nitrogens with zero attached hydrogens (tertiary/aromatic N) is 2. The van der Waals surface area contributed by atoms with Crippen molar-refractivity contribution >= 4 is 27.4 Å². The quantitative estimate of drug-likeness (QED) is 0.422. The zero-order chi connectivity index (χ0) is 8.32. The minimum atomic E-state index is -1.44. The first-order valence-electron chi connectivity index (χ1n) is 2.89. The van der Waals surface area contributed by atoms with E-state index >= 15 is 0 Å². The normalized spacial score (nSPS) is 30.5. The highest BCUT2D eigenvalue weighted by Crippen LogP contribution is 2.42. The molecular formula is C6H4N2OS2. The minimum absolute atomic E-state index is 0.251. The molecule has 0 saturated carbocycles. The van der Waals surface area contributed by atoms with Gasteiger partial charge in [0, 0.05) is 23.0 Å². The summed E-state index contributed by atoms with van der Waals surface area (Å²) >= 11 is 0. The molecule has 0 spiro atoms. The Bertz CT molecular complexity index is 249. The molecule has 1 atom stereocenters. The molecule has 11 heavy (non-hydrogen) atoms. The van der Waals surface area contributed by atoms with Crippen LogP contribution >= 0.6 is 21.6 Å².